The minimum absolute atomic E-state index is 0.0974. The summed E-state index contributed by atoms with van der Waals surface area (Å²) in [5, 5.41) is 15.1. The monoisotopic (exact) mass is 468 g/mol. The highest BCUT2D eigenvalue weighted by Gasteiger charge is 2.28. The lowest BCUT2D eigenvalue weighted by atomic mass is 10.0. The molecule has 0 radical (unpaired) electrons. The van der Waals surface area contributed by atoms with Crippen molar-refractivity contribution in [3.05, 3.63) is 52.6 Å². The van der Waals surface area contributed by atoms with Crippen LogP contribution in [0.15, 0.2) is 41.3 Å². The van der Waals surface area contributed by atoms with E-state index in [4.69, 9.17) is 18.9 Å². The Labute approximate surface area is 196 Å². The third-order valence-electron chi connectivity index (χ3n) is 6.18. The quantitative estimate of drug-likeness (QED) is 0.529. The molecule has 3 aromatic rings. The van der Waals surface area contributed by atoms with Crippen LogP contribution in [0.1, 0.15) is 18.5 Å². The predicted molar refractivity (Wildman–Crippen MR) is 123 cm³/mol. The smallest absolute Gasteiger partial charge is 0.252 e. The van der Waals surface area contributed by atoms with Gasteiger partial charge in [0.05, 0.1) is 44.4 Å². The van der Waals surface area contributed by atoms with Crippen LogP contribution in [0.2, 0.25) is 0 Å². The van der Waals surface area contributed by atoms with Crippen molar-refractivity contribution >= 4 is 11.0 Å². The number of aromatic nitrogens is 3. The van der Waals surface area contributed by atoms with Crippen molar-refractivity contribution in [2.45, 2.75) is 44.2 Å². The Kier molecular flexibility index (Phi) is 6.61. The number of rotatable bonds is 7. The first-order valence-corrected chi connectivity index (χ1v) is 11.4. The van der Waals surface area contributed by atoms with Gasteiger partial charge in [0, 0.05) is 36.2 Å². The van der Waals surface area contributed by atoms with E-state index in [2.05, 4.69) is 15.3 Å². The molecule has 2 aliphatic rings. The molecule has 1 fully saturated rings. The fourth-order valence-corrected chi connectivity index (χ4v) is 4.31. The van der Waals surface area contributed by atoms with Crippen molar-refractivity contribution in [1.29, 1.82) is 0 Å². The normalized spacial score (nSPS) is 20.8. The maximum Gasteiger partial charge on any atom is 0.252 e. The van der Waals surface area contributed by atoms with Crippen LogP contribution in [-0.2, 0) is 17.8 Å². The molecule has 2 aliphatic heterocycles. The predicted octanol–water partition coefficient (Wildman–Crippen LogP) is 1.27. The molecule has 10 heteroatoms. The number of nitrogens with one attached hydrogen (secondary N) is 1. The molecule has 0 bridgehead atoms. The second-order valence-electron chi connectivity index (χ2n) is 8.46. The van der Waals surface area contributed by atoms with Gasteiger partial charge in [-0.1, -0.05) is 0 Å². The molecule has 5 heterocycles. The second kappa shape index (κ2) is 9.96. The van der Waals surface area contributed by atoms with Crippen molar-refractivity contribution in [2.24, 2.45) is 0 Å². The fraction of sp³-hybridized carbons (Fsp3) is 0.458. The van der Waals surface area contributed by atoms with Gasteiger partial charge in [-0.05, 0) is 25.0 Å². The second-order valence-corrected chi connectivity index (χ2v) is 8.46. The molecule has 2 N–H and O–H groups in total. The van der Waals surface area contributed by atoms with Crippen molar-refractivity contribution in [3.8, 4) is 17.4 Å². The largest absolute Gasteiger partial charge is 0.486 e. The van der Waals surface area contributed by atoms with Crippen LogP contribution in [0.25, 0.3) is 11.0 Å². The summed E-state index contributed by atoms with van der Waals surface area (Å²) >= 11 is 0. The highest BCUT2D eigenvalue weighted by atomic mass is 16.6. The van der Waals surface area contributed by atoms with Gasteiger partial charge in [0.2, 0.25) is 5.88 Å². The molecular weight excluding hydrogens is 440 g/mol. The zero-order chi connectivity index (χ0) is 23.5. The number of hydrogen-bond acceptors (Lipinski definition) is 9. The van der Waals surface area contributed by atoms with Gasteiger partial charge in [-0.3, -0.25) is 14.3 Å². The molecule has 180 valence electrons. The average molecular weight is 469 g/mol. The van der Waals surface area contributed by atoms with E-state index in [1.165, 1.54) is 17.7 Å². The lowest BCUT2D eigenvalue weighted by Crippen LogP contribution is -2.45. The number of pyridine rings is 3. The van der Waals surface area contributed by atoms with Gasteiger partial charge in [-0.25, -0.2) is 0 Å². The zero-order valence-corrected chi connectivity index (χ0v) is 19.0. The number of nitrogens with zero attached hydrogens (tertiary/aromatic N) is 3. The Morgan fingerprint density at radius 3 is 2.82 bits per heavy atom. The topological polar surface area (TPSA) is 117 Å². The molecule has 1 saturated heterocycles. The number of aliphatic hydroxyl groups is 1. The highest BCUT2D eigenvalue weighted by molar-refractivity contribution is 5.75. The van der Waals surface area contributed by atoms with E-state index >= 15 is 0 Å². The summed E-state index contributed by atoms with van der Waals surface area (Å²) in [6.45, 7) is 2.22. The number of fused-ring (bicyclic) bond motifs is 2. The Bertz CT molecular complexity index is 1210. The van der Waals surface area contributed by atoms with Crippen LogP contribution < -0.4 is 25.1 Å². The number of methoxy groups -OCH3 is 1. The standard InChI is InChI=1S/C24H28N4O6/c1-31-22-6-2-15-3-7-23(30)28(24(15)27-22)13-18(29)19-5-4-16(14-34-19)25-11-17-10-20-21(12-26-17)33-9-8-32-20/h2-3,6-7,10,12,16,18-19,25,29H,4-5,8-9,11,13-14H2,1H3/t16-,18+,19+/m1/s1. The van der Waals surface area contributed by atoms with Crippen LogP contribution in [-0.4, -0.2) is 64.8 Å². The maximum atomic E-state index is 12.5. The average Bonchev–Trinajstić information content (AvgIpc) is 2.89. The Balaban J connectivity index is 1.17. The van der Waals surface area contributed by atoms with E-state index in [1.54, 1.807) is 18.3 Å². The maximum absolute atomic E-state index is 12.5. The number of ether oxygens (including phenoxy) is 4. The van der Waals surface area contributed by atoms with Gasteiger partial charge in [-0.15, -0.1) is 0 Å². The van der Waals surface area contributed by atoms with Crippen molar-refractivity contribution in [1.82, 2.24) is 19.9 Å². The number of hydrogen-bond donors (Lipinski definition) is 2. The molecule has 5 rings (SSSR count). The molecule has 0 spiro atoms. The van der Waals surface area contributed by atoms with Crippen LogP contribution >= 0.6 is 0 Å². The van der Waals surface area contributed by atoms with Gasteiger partial charge >= 0.3 is 0 Å². The van der Waals surface area contributed by atoms with Gasteiger partial charge in [0.25, 0.3) is 5.56 Å². The molecule has 3 aromatic heterocycles. The van der Waals surface area contributed by atoms with Crippen LogP contribution in [0, 0.1) is 0 Å². The summed E-state index contributed by atoms with van der Waals surface area (Å²) in [6, 6.07) is 8.82. The van der Waals surface area contributed by atoms with Gasteiger partial charge in [0.15, 0.2) is 11.5 Å². The molecule has 0 amide bonds. The van der Waals surface area contributed by atoms with Gasteiger partial charge < -0.3 is 29.4 Å². The molecule has 0 aliphatic carbocycles. The Hall–Kier alpha value is -3.21. The first-order valence-electron chi connectivity index (χ1n) is 11.4. The van der Waals surface area contributed by atoms with Crippen molar-refractivity contribution in [3.63, 3.8) is 0 Å². The molecule has 34 heavy (non-hydrogen) atoms. The Morgan fingerprint density at radius 2 is 2.03 bits per heavy atom. The highest BCUT2D eigenvalue weighted by Crippen LogP contribution is 2.29. The molecule has 3 atom stereocenters. The lowest BCUT2D eigenvalue weighted by Gasteiger charge is -2.32. The summed E-state index contributed by atoms with van der Waals surface area (Å²) in [7, 11) is 1.53. The van der Waals surface area contributed by atoms with E-state index in [-0.39, 0.29) is 24.2 Å². The molecule has 0 unspecified atom stereocenters. The SMILES string of the molecule is COc1ccc2ccc(=O)n(C[C@H](O)[C@@H]3CC[C@@H](NCc4cc5c(cn4)OCCO5)CO3)c2n1. The van der Waals surface area contributed by atoms with E-state index in [0.29, 0.717) is 50.1 Å². The van der Waals surface area contributed by atoms with Crippen molar-refractivity contribution < 1.29 is 24.1 Å². The van der Waals surface area contributed by atoms with E-state index < -0.39 is 6.10 Å². The first kappa shape index (κ1) is 22.6. The van der Waals surface area contributed by atoms with Crippen LogP contribution in [0.3, 0.4) is 0 Å². The third-order valence-corrected chi connectivity index (χ3v) is 6.18. The lowest BCUT2D eigenvalue weighted by molar-refractivity contribution is -0.0771. The fourth-order valence-electron chi connectivity index (χ4n) is 4.31. The van der Waals surface area contributed by atoms with E-state index in [9.17, 15) is 9.90 Å². The van der Waals surface area contributed by atoms with E-state index in [1.807, 2.05) is 12.1 Å². The summed E-state index contributed by atoms with van der Waals surface area (Å²) in [5.74, 6) is 1.81. The minimum Gasteiger partial charge on any atom is -0.486 e. The third kappa shape index (κ3) is 4.84. The van der Waals surface area contributed by atoms with Gasteiger partial charge in [-0.2, -0.15) is 4.98 Å². The van der Waals surface area contributed by atoms with Crippen LogP contribution in [0.5, 0.6) is 17.4 Å². The minimum atomic E-state index is -0.836. The Morgan fingerprint density at radius 1 is 1.21 bits per heavy atom. The van der Waals surface area contributed by atoms with Gasteiger partial charge in [0.1, 0.15) is 18.9 Å². The van der Waals surface area contributed by atoms with Crippen LogP contribution in [0.4, 0.5) is 0 Å². The molecule has 0 aromatic carbocycles. The summed E-state index contributed by atoms with van der Waals surface area (Å²) in [5.41, 5.74) is 1.12. The molecular formula is C24H28N4O6. The summed E-state index contributed by atoms with van der Waals surface area (Å²) < 4.78 is 23.8. The molecule has 0 saturated carbocycles. The summed E-state index contributed by atoms with van der Waals surface area (Å²) in [6.07, 6.45) is 2.00. The van der Waals surface area contributed by atoms with E-state index in [0.717, 1.165) is 23.3 Å². The van der Waals surface area contributed by atoms with Crippen molar-refractivity contribution in [2.75, 3.05) is 26.9 Å². The number of aliphatic hydroxyl groups excluding tert-OH is 1. The summed E-state index contributed by atoms with van der Waals surface area (Å²) in [4.78, 5) is 21.3. The zero-order valence-electron chi connectivity index (χ0n) is 19.0. The molecule has 10 nitrogen and oxygen atoms in total. The first-order chi connectivity index (χ1) is 16.6.